The minimum Gasteiger partial charge on any atom is -0.254 e. The van der Waals surface area contributed by atoms with Gasteiger partial charge in [0.05, 0.1) is 0 Å². The zero-order valence-corrected chi connectivity index (χ0v) is 13.2. The maximum Gasteiger partial charge on any atom is 0.371 e. The molecule has 4 fully saturated rings. The SMILES string of the molecule is O=C(F)C(F)(F)C12C(F)(F)C3(F)C(F)(F)C(F)(C(F)(F)C(F)(C3(F)F)C1(F)F)C2(F)F. The molecule has 0 radical (unpaired) electrons. The van der Waals surface area contributed by atoms with Crippen LogP contribution in [0, 0.1) is 5.41 Å². The number of alkyl halides is 17. The zero-order chi connectivity index (χ0) is 25.1. The summed E-state index contributed by atoms with van der Waals surface area (Å²) in [7, 11) is 0. The lowest BCUT2D eigenvalue weighted by Gasteiger charge is -2.75. The van der Waals surface area contributed by atoms with Crippen LogP contribution in [0.15, 0.2) is 0 Å². The molecule has 0 unspecified atom stereocenters. The Kier molecular flexibility index (Phi) is 3.65. The Bertz CT molecular complexity index is 773. The van der Waals surface area contributed by atoms with Crippen molar-refractivity contribution in [2.24, 2.45) is 5.41 Å². The molecule has 4 rings (SSSR count). The highest BCUT2D eigenvalue weighted by Crippen LogP contribution is 2.92. The van der Waals surface area contributed by atoms with Gasteiger partial charge < -0.3 is 0 Å². The summed E-state index contributed by atoms with van der Waals surface area (Å²) in [6, 6.07) is -5.17. The van der Waals surface area contributed by atoms with E-state index in [9.17, 15) is 83.8 Å². The number of halogens is 18. The van der Waals surface area contributed by atoms with Gasteiger partial charge in [-0.1, -0.05) is 0 Å². The number of hydrogen-bond acceptors (Lipinski definition) is 1. The van der Waals surface area contributed by atoms with Gasteiger partial charge in [-0.25, -0.2) is 39.5 Å². The molecule has 19 heteroatoms. The Morgan fingerprint density at radius 3 is 0.806 bits per heavy atom. The van der Waals surface area contributed by atoms with Crippen molar-refractivity contribution in [1.29, 1.82) is 0 Å². The van der Waals surface area contributed by atoms with Gasteiger partial charge in [0.25, 0.3) is 0 Å². The van der Waals surface area contributed by atoms with E-state index in [1.54, 1.807) is 0 Å². The standard InChI is InChI=1S/C12F18O/c13-1(31)2(14,15)3-7(19,20)4(16)10(25,26)5(17,8(3,21)22)12(29,30)6(18,9(3,23)24)11(4,27)28. The number of hydrogen-bond donors (Lipinski definition) is 0. The summed E-state index contributed by atoms with van der Waals surface area (Å²) in [5, 5.41) is 0. The molecular formula is C12F18O. The van der Waals surface area contributed by atoms with E-state index in [0.29, 0.717) is 0 Å². The fourth-order valence-electron chi connectivity index (χ4n) is 4.59. The first-order chi connectivity index (χ1) is 13.2. The minimum atomic E-state index is -8.53. The topological polar surface area (TPSA) is 17.1 Å². The Morgan fingerprint density at radius 1 is 0.452 bits per heavy atom. The normalized spacial score (nSPS) is 47.3. The summed E-state index contributed by atoms with van der Waals surface area (Å²) in [6.45, 7) is 0. The van der Waals surface area contributed by atoms with E-state index in [2.05, 4.69) is 0 Å². The van der Waals surface area contributed by atoms with E-state index in [0.717, 1.165) is 0 Å². The first kappa shape index (κ1) is 24.1. The zero-order valence-electron chi connectivity index (χ0n) is 13.2. The van der Waals surface area contributed by atoms with Gasteiger partial charge in [-0.3, -0.25) is 4.79 Å². The molecule has 0 aromatic heterocycles. The van der Waals surface area contributed by atoms with Crippen molar-refractivity contribution in [3.8, 4) is 0 Å². The van der Waals surface area contributed by atoms with Crippen LogP contribution in [0.3, 0.4) is 0 Å². The van der Waals surface area contributed by atoms with Gasteiger partial charge in [0.2, 0.25) is 5.41 Å². The smallest absolute Gasteiger partial charge is 0.254 e. The molecule has 4 aliphatic carbocycles. The monoisotopic (exact) mass is 502 g/mol. The van der Waals surface area contributed by atoms with Crippen LogP contribution in [0.5, 0.6) is 0 Å². The Labute approximate surface area is 155 Å². The van der Waals surface area contributed by atoms with Gasteiger partial charge in [0.1, 0.15) is 0 Å². The van der Waals surface area contributed by atoms with Gasteiger partial charge in [-0.05, 0) is 0 Å². The van der Waals surface area contributed by atoms with Crippen molar-refractivity contribution in [3.63, 3.8) is 0 Å². The molecule has 4 saturated carbocycles. The van der Waals surface area contributed by atoms with E-state index in [4.69, 9.17) is 0 Å². The van der Waals surface area contributed by atoms with Crippen molar-refractivity contribution in [2.45, 2.75) is 58.5 Å². The molecule has 180 valence electrons. The molecule has 0 N–H and O–H groups in total. The molecule has 4 aliphatic rings. The highest BCUT2D eigenvalue weighted by atomic mass is 19.4. The van der Waals surface area contributed by atoms with E-state index >= 15 is 0 Å². The summed E-state index contributed by atoms with van der Waals surface area (Å²) < 4.78 is 253. The van der Waals surface area contributed by atoms with Crippen LogP contribution in [0.25, 0.3) is 0 Å². The molecule has 0 aromatic carbocycles. The lowest BCUT2D eigenvalue weighted by Crippen LogP contribution is -3.09. The third-order valence-corrected chi connectivity index (χ3v) is 6.02. The largest absolute Gasteiger partial charge is 0.371 e. The first-order valence-electron chi connectivity index (χ1n) is 7.11. The van der Waals surface area contributed by atoms with Gasteiger partial charge in [-0.15, -0.1) is 0 Å². The van der Waals surface area contributed by atoms with Crippen molar-refractivity contribution >= 4 is 6.04 Å². The van der Waals surface area contributed by atoms with Crippen molar-refractivity contribution in [3.05, 3.63) is 0 Å². The van der Waals surface area contributed by atoms with E-state index in [1.165, 1.54) is 0 Å². The van der Waals surface area contributed by atoms with E-state index < -0.39 is 69.9 Å². The highest BCUT2D eigenvalue weighted by molar-refractivity contribution is 5.80. The van der Waals surface area contributed by atoms with E-state index in [1.807, 2.05) is 0 Å². The lowest BCUT2D eigenvalue weighted by molar-refractivity contribution is -0.625. The average molecular weight is 502 g/mol. The van der Waals surface area contributed by atoms with Gasteiger partial charge in [0.15, 0.2) is 0 Å². The fraction of sp³-hybridized carbons (Fsp3) is 0.917. The van der Waals surface area contributed by atoms with Crippen molar-refractivity contribution in [2.75, 3.05) is 0 Å². The number of rotatable bonds is 2. The van der Waals surface area contributed by atoms with Gasteiger partial charge in [0, 0.05) is 0 Å². The lowest BCUT2D eigenvalue weighted by atomic mass is 9.35. The van der Waals surface area contributed by atoms with Gasteiger partial charge in [-0.2, -0.15) is 39.5 Å². The molecule has 0 spiro atoms. The molecule has 4 bridgehead atoms. The predicted molar refractivity (Wildman–Crippen MR) is 54.7 cm³/mol. The van der Waals surface area contributed by atoms with Gasteiger partial charge >= 0.3 is 64.5 Å². The minimum absolute atomic E-state index is 5.17. The predicted octanol–water partition coefficient (Wildman–Crippen LogP) is 5.08. The summed E-state index contributed by atoms with van der Waals surface area (Å²) in [5.41, 5.74) is -33.4. The molecule has 31 heavy (non-hydrogen) atoms. The maximum absolute atomic E-state index is 14.5. The molecule has 0 amide bonds. The van der Waals surface area contributed by atoms with Crippen molar-refractivity contribution < 1.29 is 83.8 Å². The summed E-state index contributed by atoms with van der Waals surface area (Å²) >= 11 is 0. The van der Waals surface area contributed by atoms with Crippen LogP contribution < -0.4 is 0 Å². The van der Waals surface area contributed by atoms with Crippen LogP contribution >= 0.6 is 0 Å². The fourth-order valence-corrected chi connectivity index (χ4v) is 4.59. The summed E-state index contributed by atoms with van der Waals surface area (Å²) in [4.78, 5) is 10.3. The Hall–Kier alpha value is -1.59. The molecule has 0 atom stereocenters. The van der Waals surface area contributed by atoms with E-state index in [-0.39, 0.29) is 0 Å². The third-order valence-electron chi connectivity index (χ3n) is 6.02. The maximum atomic E-state index is 14.5. The molecular weight excluding hydrogens is 502 g/mol. The van der Waals surface area contributed by atoms with Crippen LogP contribution in [-0.4, -0.2) is 64.5 Å². The second-order valence-electron chi connectivity index (χ2n) is 7.02. The molecule has 0 aromatic rings. The quantitative estimate of drug-likeness (QED) is 0.381. The second kappa shape index (κ2) is 4.70. The highest BCUT2D eigenvalue weighted by Gasteiger charge is 3.25. The Morgan fingerprint density at radius 2 is 0.645 bits per heavy atom. The number of carbonyl (C=O) groups excluding carboxylic acids is 1. The van der Waals surface area contributed by atoms with Crippen molar-refractivity contribution in [1.82, 2.24) is 0 Å². The molecule has 0 saturated heterocycles. The van der Waals surface area contributed by atoms with Crippen LogP contribution in [-0.2, 0) is 4.79 Å². The Balaban J connectivity index is 2.82. The van der Waals surface area contributed by atoms with Crippen LogP contribution in [0.1, 0.15) is 0 Å². The number of carbonyl (C=O) groups is 1. The second-order valence-corrected chi connectivity index (χ2v) is 7.02. The molecule has 0 heterocycles. The summed E-state index contributed by atoms with van der Waals surface area (Å²) in [5.74, 6) is -58.5. The molecule has 1 nitrogen and oxygen atoms in total. The third kappa shape index (κ3) is 1.34. The molecule has 0 aliphatic heterocycles. The summed E-state index contributed by atoms with van der Waals surface area (Å²) in [6.07, 6.45) is 0. The van der Waals surface area contributed by atoms with Crippen LogP contribution in [0.2, 0.25) is 0 Å². The first-order valence-corrected chi connectivity index (χ1v) is 7.11. The average Bonchev–Trinajstić information content (AvgIpc) is 2.54. The van der Waals surface area contributed by atoms with Crippen LogP contribution in [0.4, 0.5) is 79.0 Å².